The highest BCUT2D eigenvalue weighted by Gasteiger charge is 2.18. The van der Waals surface area contributed by atoms with E-state index < -0.39 is 10.0 Å². The van der Waals surface area contributed by atoms with Crippen LogP contribution < -0.4 is 9.46 Å². The molecule has 0 fully saturated rings. The number of rotatable bonds is 5. The first-order valence-electron chi connectivity index (χ1n) is 7.99. The Morgan fingerprint density at radius 2 is 1.96 bits per heavy atom. The van der Waals surface area contributed by atoms with Crippen molar-refractivity contribution in [3.63, 3.8) is 0 Å². The van der Waals surface area contributed by atoms with E-state index in [1.807, 2.05) is 6.07 Å². The number of benzene rings is 1. The van der Waals surface area contributed by atoms with Crippen LogP contribution >= 0.6 is 0 Å². The molecule has 0 bridgehead atoms. The third-order valence-corrected chi connectivity index (χ3v) is 5.26. The van der Waals surface area contributed by atoms with E-state index in [1.54, 1.807) is 42.7 Å². The summed E-state index contributed by atoms with van der Waals surface area (Å²) in [6.07, 6.45) is 4.88. The number of hydrogen-bond acceptors (Lipinski definition) is 6. The number of hydrogen-bond donors (Lipinski definition) is 1. The molecule has 4 rings (SSSR count). The maximum Gasteiger partial charge on any atom is 0.263 e. The topological polar surface area (TPSA) is 98.5 Å². The van der Waals surface area contributed by atoms with Crippen molar-refractivity contribution in [2.45, 2.75) is 4.90 Å². The molecule has 3 heterocycles. The van der Waals surface area contributed by atoms with Crippen molar-refractivity contribution in [1.82, 2.24) is 19.6 Å². The molecule has 1 N–H and O–H groups in total. The molecule has 0 spiro atoms. The number of fused-ring (bicyclic) bond motifs is 1. The molecule has 0 unspecified atom stereocenters. The Bertz CT molecular complexity index is 1210. The zero-order valence-electron chi connectivity index (χ0n) is 14.3. The highest BCUT2D eigenvalue weighted by molar-refractivity contribution is 7.92. The smallest absolute Gasteiger partial charge is 0.263 e. The van der Waals surface area contributed by atoms with Gasteiger partial charge in [-0.2, -0.15) is 9.61 Å². The van der Waals surface area contributed by atoms with Crippen LogP contribution in [0.3, 0.4) is 0 Å². The van der Waals surface area contributed by atoms with Gasteiger partial charge in [0, 0.05) is 36.3 Å². The summed E-state index contributed by atoms with van der Waals surface area (Å²) in [5, 5.41) is 4.46. The minimum atomic E-state index is -3.82. The Morgan fingerprint density at radius 3 is 2.74 bits per heavy atom. The van der Waals surface area contributed by atoms with Gasteiger partial charge in [0.05, 0.1) is 17.7 Å². The number of nitrogens with one attached hydrogen (secondary N) is 1. The van der Waals surface area contributed by atoms with Crippen molar-refractivity contribution < 1.29 is 13.2 Å². The molecule has 3 aromatic heterocycles. The monoisotopic (exact) mass is 381 g/mol. The highest BCUT2D eigenvalue weighted by atomic mass is 32.2. The van der Waals surface area contributed by atoms with Crippen LogP contribution in [0.1, 0.15) is 0 Å². The Kier molecular flexibility index (Phi) is 4.21. The average molecular weight is 381 g/mol. The van der Waals surface area contributed by atoms with Gasteiger partial charge < -0.3 is 4.74 Å². The van der Waals surface area contributed by atoms with Gasteiger partial charge >= 0.3 is 0 Å². The van der Waals surface area contributed by atoms with Crippen LogP contribution in [0, 0.1) is 0 Å². The van der Waals surface area contributed by atoms with Gasteiger partial charge in [0.2, 0.25) is 0 Å². The van der Waals surface area contributed by atoms with Crippen molar-refractivity contribution in [3.05, 3.63) is 67.1 Å². The molecular weight excluding hydrogens is 366 g/mol. The van der Waals surface area contributed by atoms with Crippen LogP contribution in [-0.4, -0.2) is 35.1 Å². The lowest BCUT2D eigenvalue weighted by molar-refractivity contribution is 0.413. The standard InChI is InChI=1S/C18H15N5O3S/c1-26-14-5-2-6-15(10-14)27(24,25)22-17-7-9-20-18-11-16(21-23(17)18)13-4-3-8-19-12-13/h2-12,22H,1H3. The highest BCUT2D eigenvalue weighted by Crippen LogP contribution is 2.23. The fourth-order valence-corrected chi connectivity index (χ4v) is 3.67. The second-order valence-electron chi connectivity index (χ2n) is 5.66. The minimum absolute atomic E-state index is 0.0893. The summed E-state index contributed by atoms with van der Waals surface area (Å²) in [6.45, 7) is 0. The van der Waals surface area contributed by atoms with Gasteiger partial charge in [-0.15, -0.1) is 0 Å². The third-order valence-electron chi connectivity index (χ3n) is 3.91. The molecule has 27 heavy (non-hydrogen) atoms. The van der Waals surface area contributed by atoms with E-state index in [9.17, 15) is 8.42 Å². The van der Waals surface area contributed by atoms with Crippen LogP contribution in [0.4, 0.5) is 5.82 Å². The van der Waals surface area contributed by atoms with Gasteiger partial charge in [0.15, 0.2) is 5.65 Å². The lowest BCUT2D eigenvalue weighted by atomic mass is 10.2. The summed E-state index contributed by atoms with van der Waals surface area (Å²) in [7, 11) is -2.34. The van der Waals surface area contributed by atoms with Gasteiger partial charge in [-0.1, -0.05) is 6.07 Å². The molecule has 0 aliphatic heterocycles. The van der Waals surface area contributed by atoms with Crippen molar-refractivity contribution in [3.8, 4) is 17.0 Å². The SMILES string of the molecule is COc1cccc(S(=O)(=O)Nc2ccnc3cc(-c4cccnc4)nn23)c1. The Hall–Kier alpha value is -3.46. The van der Waals surface area contributed by atoms with Crippen LogP contribution in [0.2, 0.25) is 0 Å². The average Bonchev–Trinajstić information content (AvgIpc) is 3.14. The molecule has 0 radical (unpaired) electrons. The second kappa shape index (κ2) is 6.69. The second-order valence-corrected chi connectivity index (χ2v) is 7.34. The first-order valence-corrected chi connectivity index (χ1v) is 9.47. The minimum Gasteiger partial charge on any atom is -0.497 e. The fraction of sp³-hybridized carbons (Fsp3) is 0.0556. The maximum absolute atomic E-state index is 12.8. The van der Waals surface area contributed by atoms with Crippen LogP contribution in [0.5, 0.6) is 5.75 Å². The predicted octanol–water partition coefficient (Wildman–Crippen LogP) is 2.60. The van der Waals surface area contributed by atoms with Crippen molar-refractivity contribution >= 4 is 21.5 Å². The Morgan fingerprint density at radius 1 is 1.07 bits per heavy atom. The molecule has 9 heteroatoms. The molecule has 0 amide bonds. The van der Waals surface area contributed by atoms with Crippen molar-refractivity contribution in [2.24, 2.45) is 0 Å². The first kappa shape index (κ1) is 17.0. The molecule has 1 aromatic carbocycles. The van der Waals surface area contributed by atoms with Gasteiger partial charge in [-0.05, 0) is 30.3 Å². The van der Waals surface area contributed by atoms with E-state index in [2.05, 4.69) is 19.8 Å². The largest absolute Gasteiger partial charge is 0.497 e. The van der Waals surface area contributed by atoms with Crippen LogP contribution in [0.25, 0.3) is 16.9 Å². The van der Waals surface area contributed by atoms with Crippen LogP contribution in [0.15, 0.2) is 72.0 Å². The zero-order chi connectivity index (χ0) is 18.9. The van der Waals surface area contributed by atoms with Crippen molar-refractivity contribution in [1.29, 1.82) is 0 Å². The molecule has 4 aromatic rings. The maximum atomic E-state index is 12.8. The third kappa shape index (κ3) is 3.32. The lowest BCUT2D eigenvalue weighted by Gasteiger charge is -2.10. The van der Waals surface area contributed by atoms with E-state index >= 15 is 0 Å². The molecular formula is C18H15N5O3S. The Balaban J connectivity index is 1.74. The summed E-state index contributed by atoms with van der Waals surface area (Å²) >= 11 is 0. The number of sulfonamides is 1. The van der Waals surface area contributed by atoms with Gasteiger partial charge in [0.1, 0.15) is 11.6 Å². The number of methoxy groups -OCH3 is 1. The number of anilines is 1. The summed E-state index contributed by atoms with van der Waals surface area (Å²) in [5.74, 6) is 0.730. The normalized spacial score (nSPS) is 11.4. The van der Waals surface area contributed by atoms with Gasteiger partial charge in [0.25, 0.3) is 10.0 Å². The van der Waals surface area contributed by atoms with Crippen LogP contribution in [-0.2, 0) is 10.0 Å². The van der Waals surface area contributed by atoms with Gasteiger partial charge in [-0.25, -0.2) is 13.4 Å². The number of ether oxygens (including phenoxy) is 1. The number of nitrogens with zero attached hydrogens (tertiary/aromatic N) is 4. The first-order chi connectivity index (χ1) is 13.1. The van der Waals surface area contributed by atoms with E-state index in [0.29, 0.717) is 17.1 Å². The lowest BCUT2D eigenvalue weighted by Crippen LogP contribution is -2.15. The number of pyridine rings is 1. The molecule has 8 nitrogen and oxygen atoms in total. The number of aromatic nitrogens is 4. The van der Waals surface area contributed by atoms with E-state index in [-0.39, 0.29) is 10.7 Å². The van der Waals surface area contributed by atoms with E-state index in [1.165, 1.54) is 30.0 Å². The zero-order valence-corrected chi connectivity index (χ0v) is 15.1. The van der Waals surface area contributed by atoms with Gasteiger partial charge in [-0.3, -0.25) is 9.71 Å². The predicted molar refractivity (Wildman–Crippen MR) is 100 cm³/mol. The molecule has 0 aliphatic carbocycles. The quantitative estimate of drug-likeness (QED) is 0.571. The fourth-order valence-electron chi connectivity index (χ4n) is 2.59. The molecule has 0 atom stereocenters. The molecule has 0 saturated carbocycles. The van der Waals surface area contributed by atoms with E-state index in [0.717, 1.165) is 5.56 Å². The summed E-state index contributed by atoms with van der Waals surface area (Å²) < 4.78 is 34.6. The summed E-state index contributed by atoms with van der Waals surface area (Å²) in [5.41, 5.74) is 1.97. The molecule has 0 saturated heterocycles. The van der Waals surface area contributed by atoms with Crippen molar-refractivity contribution in [2.75, 3.05) is 11.8 Å². The summed E-state index contributed by atoms with van der Waals surface area (Å²) in [6, 6.07) is 13.2. The Labute approximate surface area is 155 Å². The van der Waals surface area contributed by atoms with E-state index in [4.69, 9.17) is 4.74 Å². The molecule has 136 valence electrons. The summed E-state index contributed by atoms with van der Waals surface area (Å²) in [4.78, 5) is 8.41. The molecule has 0 aliphatic rings.